The van der Waals surface area contributed by atoms with Crippen molar-refractivity contribution >= 4 is 39.3 Å². The summed E-state index contributed by atoms with van der Waals surface area (Å²) in [5.41, 5.74) is 1.34. The summed E-state index contributed by atoms with van der Waals surface area (Å²) >= 11 is 3.12. The molecule has 3 rings (SSSR count). The molecule has 0 bridgehead atoms. The SMILES string of the molecule is COc1cc(SC)ccc1C(=O)OCc1nc2ccccc2s1. The van der Waals surface area contributed by atoms with Crippen LogP contribution in [0.1, 0.15) is 15.4 Å². The number of fused-ring (bicyclic) bond motifs is 1. The lowest BCUT2D eigenvalue weighted by atomic mass is 10.2. The summed E-state index contributed by atoms with van der Waals surface area (Å²) in [6.45, 7) is 0.158. The summed E-state index contributed by atoms with van der Waals surface area (Å²) in [5, 5.41) is 0.777. The molecule has 0 fully saturated rings. The first-order chi connectivity index (χ1) is 11.2. The van der Waals surface area contributed by atoms with E-state index < -0.39 is 5.97 Å². The minimum atomic E-state index is -0.409. The fourth-order valence-corrected chi connectivity index (χ4v) is 3.46. The maximum absolute atomic E-state index is 12.3. The van der Waals surface area contributed by atoms with E-state index in [1.165, 1.54) is 11.3 Å². The van der Waals surface area contributed by atoms with Gasteiger partial charge in [-0.3, -0.25) is 0 Å². The number of ether oxygens (including phenoxy) is 2. The Labute approximate surface area is 142 Å². The number of carbonyl (C=O) groups excluding carboxylic acids is 1. The van der Waals surface area contributed by atoms with Gasteiger partial charge in [0.1, 0.15) is 22.9 Å². The Hall–Kier alpha value is -2.05. The van der Waals surface area contributed by atoms with Gasteiger partial charge in [0.2, 0.25) is 0 Å². The van der Waals surface area contributed by atoms with E-state index in [0.29, 0.717) is 11.3 Å². The van der Waals surface area contributed by atoms with Crippen LogP contribution in [0.25, 0.3) is 10.2 Å². The van der Waals surface area contributed by atoms with Crippen LogP contribution in [0, 0.1) is 0 Å². The third kappa shape index (κ3) is 3.48. The van der Waals surface area contributed by atoms with Crippen molar-refractivity contribution in [2.45, 2.75) is 11.5 Å². The minimum absolute atomic E-state index is 0.158. The molecule has 0 saturated carbocycles. The van der Waals surface area contributed by atoms with E-state index in [1.54, 1.807) is 24.9 Å². The van der Waals surface area contributed by atoms with Crippen LogP contribution in [0.5, 0.6) is 5.75 Å². The lowest BCUT2D eigenvalue weighted by Gasteiger charge is -2.09. The van der Waals surface area contributed by atoms with Gasteiger partial charge in [0.05, 0.1) is 17.3 Å². The van der Waals surface area contributed by atoms with Crippen molar-refractivity contribution in [2.24, 2.45) is 0 Å². The number of hydrogen-bond donors (Lipinski definition) is 0. The molecule has 0 N–H and O–H groups in total. The molecule has 1 aromatic heterocycles. The van der Waals surface area contributed by atoms with Crippen LogP contribution in [0.2, 0.25) is 0 Å². The number of methoxy groups -OCH3 is 1. The van der Waals surface area contributed by atoms with Crippen molar-refractivity contribution in [2.75, 3.05) is 13.4 Å². The molecule has 0 aliphatic carbocycles. The fourth-order valence-electron chi connectivity index (χ4n) is 2.15. The third-order valence-corrected chi connectivity index (χ3v) is 5.03. The van der Waals surface area contributed by atoms with Gasteiger partial charge in [-0.15, -0.1) is 23.1 Å². The lowest BCUT2D eigenvalue weighted by molar-refractivity contribution is 0.0469. The van der Waals surface area contributed by atoms with Crippen molar-refractivity contribution < 1.29 is 14.3 Å². The maximum Gasteiger partial charge on any atom is 0.342 e. The van der Waals surface area contributed by atoms with E-state index in [1.807, 2.05) is 42.7 Å². The molecule has 3 aromatic rings. The Kier molecular flexibility index (Phi) is 4.83. The summed E-state index contributed by atoms with van der Waals surface area (Å²) in [6.07, 6.45) is 1.97. The summed E-state index contributed by atoms with van der Waals surface area (Å²) in [5.74, 6) is 0.111. The van der Waals surface area contributed by atoms with Gasteiger partial charge in [0, 0.05) is 4.90 Å². The van der Waals surface area contributed by atoms with Gasteiger partial charge in [-0.1, -0.05) is 12.1 Å². The Balaban J connectivity index is 1.74. The normalized spacial score (nSPS) is 10.7. The van der Waals surface area contributed by atoms with Crippen molar-refractivity contribution in [3.05, 3.63) is 53.0 Å². The zero-order valence-corrected chi connectivity index (χ0v) is 14.4. The predicted octanol–water partition coefficient (Wildman–Crippen LogP) is 4.38. The highest BCUT2D eigenvalue weighted by Crippen LogP contribution is 2.27. The number of carbonyl (C=O) groups is 1. The Morgan fingerprint density at radius 2 is 2.09 bits per heavy atom. The van der Waals surface area contributed by atoms with Gasteiger partial charge in [-0.05, 0) is 36.6 Å². The van der Waals surface area contributed by atoms with Crippen LogP contribution in [0.15, 0.2) is 47.4 Å². The highest BCUT2D eigenvalue weighted by molar-refractivity contribution is 7.98. The number of esters is 1. The van der Waals surface area contributed by atoms with Gasteiger partial charge >= 0.3 is 5.97 Å². The number of thiazole rings is 1. The van der Waals surface area contributed by atoms with Gasteiger partial charge < -0.3 is 9.47 Å². The van der Waals surface area contributed by atoms with Crippen LogP contribution >= 0.6 is 23.1 Å². The Bertz CT molecular complexity index is 812. The fraction of sp³-hybridized carbons (Fsp3) is 0.176. The molecule has 0 unspecified atom stereocenters. The van der Waals surface area contributed by atoms with Crippen LogP contribution in [0.3, 0.4) is 0 Å². The number of hydrogen-bond acceptors (Lipinski definition) is 6. The summed E-state index contributed by atoms with van der Waals surface area (Å²) in [6, 6.07) is 13.3. The first kappa shape index (κ1) is 15.8. The average molecular weight is 345 g/mol. The Morgan fingerprint density at radius 1 is 1.26 bits per heavy atom. The molecule has 0 aliphatic heterocycles. The summed E-state index contributed by atoms with van der Waals surface area (Å²) < 4.78 is 11.7. The predicted molar refractivity (Wildman–Crippen MR) is 93.5 cm³/mol. The maximum atomic E-state index is 12.3. The molecule has 0 amide bonds. The zero-order valence-electron chi connectivity index (χ0n) is 12.7. The van der Waals surface area contributed by atoms with Crippen LogP contribution in [-0.4, -0.2) is 24.3 Å². The quantitative estimate of drug-likeness (QED) is 0.507. The van der Waals surface area contributed by atoms with E-state index in [2.05, 4.69) is 4.98 Å². The second-order valence-electron chi connectivity index (χ2n) is 4.72. The smallest absolute Gasteiger partial charge is 0.342 e. The number of thioether (sulfide) groups is 1. The summed E-state index contributed by atoms with van der Waals surface area (Å²) in [7, 11) is 1.55. The van der Waals surface area contributed by atoms with Crippen molar-refractivity contribution in [3.63, 3.8) is 0 Å². The van der Waals surface area contributed by atoms with Crippen LogP contribution in [0.4, 0.5) is 0 Å². The molecule has 23 heavy (non-hydrogen) atoms. The molecule has 0 spiro atoms. The van der Waals surface area contributed by atoms with E-state index >= 15 is 0 Å². The second kappa shape index (κ2) is 7.02. The van der Waals surface area contributed by atoms with Gasteiger partial charge in [-0.2, -0.15) is 0 Å². The number of rotatable bonds is 5. The first-order valence-corrected chi connectivity index (χ1v) is 8.99. The average Bonchev–Trinajstić information content (AvgIpc) is 3.02. The van der Waals surface area contributed by atoms with Gasteiger partial charge in [0.15, 0.2) is 0 Å². The molecule has 2 aromatic carbocycles. The lowest BCUT2D eigenvalue weighted by Crippen LogP contribution is -2.07. The van der Waals surface area contributed by atoms with Crippen LogP contribution < -0.4 is 4.74 Å². The monoisotopic (exact) mass is 345 g/mol. The van der Waals surface area contributed by atoms with E-state index in [4.69, 9.17) is 9.47 Å². The largest absolute Gasteiger partial charge is 0.496 e. The third-order valence-electron chi connectivity index (χ3n) is 3.29. The van der Waals surface area contributed by atoms with Crippen molar-refractivity contribution in [1.29, 1.82) is 0 Å². The molecule has 118 valence electrons. The molecule has 0 radical (unpaired) electrons. The molecule has 1 heterocycles. The van der Waals surface area contributed by atoms with Crippen molar-refractivity contribution in [3.8, 4) is 5.75 Å². The van der Waals surface area contributed by atoms with E-state index in [0.717, 1.165) is 20.1 Å². The zero-order chi connectivity index (χ0) is 16.2. The highest BCUT2D eigenvalue weighted by atomic mass is 32.2. The molecule has 4 nitrogen and oxygen atoms in total. The van der Waals surface area contributed by atoms with Gasteiger partial charge in [0.25, 0.3) is 0 Å². The number of para-hydroxylation sites is 1. The summed E-state index contributed by atoms with van der Waals surface area (Å²) in [4.78, 5) is 17.8. The number of aromatic nitrogens is 1. The highest BCUT2D eigenvalue weighted by Gasteiger charge is 2.15. The first-order valence-electron chi connectivity index (χ1n) is 6.95. The molecular formula is C17H15NO3S2. The van der Waals surface area contributed by atoms with Crippen molar-refractivity contribution in [1.82, 2.24) is 4.98 Å². The van der Waals surface area contributed by atoms with Crippen LogP contribution in [-0.2, 0) is 11.3 Å². The molecule has 0 aliphatic rings. The molecule has 0 atom stereocenters. The molecule has 6 heteroatoms. The molecular weight excluding hydrogens is 330 g/mol. The Morgan fingerprint density at radius 3 is 2.83 bits per heavy atom. The second-order valence-corrected chi connectivity index (χ2v) is 6.71. The topological polar surface area (TPSA) is 48.4 Å². The number of nitrogens with zero attached hydrogens (tertiary/aromatic N) is 1. The van der Waals surface area contributed by atoms with E-state index in [-0.39, 0.29) is 6.61 Å². The molecule has 0 saturated heterocycles. The standard InChI is InChI=1S/C17H15NO3S2/c1-20-14-9-11(22-2)7-8-12(14)17(19)21-10-16-18-13-5-3-4-6-15(13)23-16/h3-9H,10H2,1-2H3. The van der Waals surface area contributed by atoms with E-state index in [9.17, 15) is 4.79 Å². The minimum Gasteiger partial charge on any atom is -0.496 e. The number of benzene rings is 2. The van der Waals surface area contributed by atoms with Gasteiger partial charge in [-0.25, -0.2) is 9.78 Å².